The number of rotatable bonds is 4. The fraction of sp³-hybridized carbons (Fsp3) is 1.00. The zero-order valence-electron chi connectivity index (χ0n) is 11.3. The zero-order valence-corrected chi connectivity index (χ0v) is 11.3. The Balaban J connectivity index is 2.39. The van der Waals surface area contributed by atoms with Gasteiger partial charge in [-0.25, -0.2) is 0 Å². The monoisotopic (exact) mass is 227 g/mol. The average molecular weight is 227 g/mol. The van der Waals surface area contributed by atoms with Gasteiger partial charge in [0.05, 0.1) is 5.60 Å². The van der Waals surface area contributed by atoms with Crippen molar-refractivity contribution in [3.63, 3.8) is 0 Å². The van der Waals surface area contributed by atoms with Crippen molar-refractivity contribution in [3.8, 4) is 0 Å². The minimum absolute atomic E-state index is 0.0134. The number of hydrogen-bond donors (Lipinski definition) is 1. The second-order valence-corrected chi connectivity index (χ2v) is 6.33. The van der Waals surface area contributed by atoms with Gasteiger partial charge in [-0.3, -0.25) is 0 Å². The van der Waals surface area contributed by atoms with E-state index in [-0.39, 0.29) is 5.60 Å². The highest BCUT2D eigenvalue weighted by molar-refractivity contribution is 4.82. The van der Waals surface area contributed by atoms with E-state index in [9.17, 15) is 0 Å². The van der Waals surface area contributed by atoms with Crippen molar-refractivity contribution in [2.24, 2.45) is 11.1 Å². The second kappa shape index (κ2) is 6.02. The highest BCUT2D eigenvalue weighted by atomic mass is 16.5. The Morgan fingerprint density at radius 2 is 1.62 bits per heavy atom. The molecule has 0 bridgehead atoms. The largest absolute Gasteiger partial charge is 0.376 e. The number of hydrogen-bond acceptors (Lipinski definition) is 2. The first-order valence-corrected chi connectivity index (χ1v) is 6.82. The molecule has 0 amide bonds. The van der Waals surface area contributed by atoms with Crippen LogP contribution in [0.4, 0.5) is 0 Å². The first-order valence-electron chi connectivity index (χ1n) is 6.82. The Hall–Kier alpha value is -0.0800. The summed E-state index contributed by atoms with van der Waals surface area (Å²) in [7, 11) is 0. The maximum absolute atomic E-state index is 6.00. The summed E-state index contributed by atoms with van der Waals surface area (Å²) >= 11 is 0. The SMILES string of the molecule is CC(C)(C)OCCC1(CN)CCCCCC1. The highest BCUT2D eigenvalue weighted by Crippen LogP contribution is 2.37. The summed E-state index contributed by atoms with van der Waals surface area (Å²) in [5.41, 5.74) is 6.37. The van der Waals surface area contributed by atoms with Crippen molar-refractivity contribution in [3.05, 3.63) is 0 Å². The molecule has 1 fully saturated rings. The van der Waals surface area contributed by atoms with Gasteiger partial charge < -0.3 is 10.5 Å². The van der Waals surface area contributed by atoms with E-state index in [4.69, 9.17) is 10.5 Å². The van der Waals surface area contributed by atoms with Crippen molar-refractivity contribution in [2.75, 3.05) is 13.2 Å². The van der Waals surface area contributed by atoms with E-state index in [0.29, 0.717) is 5.41 Å². The van der Waals surface area contributed by atoms with Crippen LogP contribution < -0.4 is 5.73 Å². The molecule has 2 N–H and O–H groups in total. The molecule has 1 aliphatic rings. The van der Waals surface area contributed by atoms with Gasteiger partial charge >= 0.3 is 0 Å². The topological polar surface area (TPSA) is 35.2 Å². The van der Waals surface area contributed by atoms with E-state index in [1.54, 1.807) is 0 Å². The van der Waals surface area contributed by atoms with Crippen LogP contribution >= 0.6 is 0 Å². The van der Waals surface area contributed by atoms with Crippen molar-refractivity contribution < 1.29 is 4.74 Å². The Bertz CT molecular complexity index is 187. The predicted octanol–water partition coefficient (Wildman–Crippen LogP) is 3.49. The minimum Gasteiger partial charge on any atom is -0.376 e. The number of ether oxygens (including phenoxy) is 1. The number of nitrogens with two attached hydrogens (primary N) is 1. The van der Waals surface area contributed by atoms with Gasteiger partial charge in [-0.1, -0.05) is 25.7 Å². The van der Waals surface area contributed by atoms with E-state index in [2.05, 4.69) is 20.8 Å². The lowest BCUT2D eigenvalue weighted by molar-refractivity contribution is -0.0199. The first kappa shape index (κ1) is 14.0. The standard InChI is InChI=1S/C14H29NO/c1-13(2,3)16-11-10-14(12-15)8-6-4-5-7-9-14/h4-12,15H2,1-3H3. The maximum Gasteiger partial charge on any atom is 0.0598 e. The smallest absolute Gasteiger partial charge is 0.0598 e. The summed E-state index contributed by atoms with van der Waals surface area (Å²) in [4.78, 5) is 0. The molecule has 96 valence electrons. The van der Waals surface area contributed by atoms with Crippen LogP contribution in [0.3, 0.4) is 0 Å². The normalized spacial score (nSPS) is 21.8. The molecule has 1 rings (SSSR count). The molecule has 0 unspecified atom stereocenters. The Kier molecular flexibility index (Phi) is 5.26. The van der Waals surface area contributed by atoms with Crippen molar-refractivity contribution in [1.82, 2.24) is 0 Å². The molecule has 0 aliphatic heterocycles. The molecule has 16 heavy (non-hydrogen) atoms. The highest BCUT2D eigenvalue weighted by Gasteiger charge is 2.29. The lowest BCUT2D eigenvalue weighted by Crippen LogP contribution is -2.33. The van der Waals surface area contributed by atoms with Crippen LogP contribution in [0.2, 0.25) is 0 Å². The van der Waals surface area contributed by atoms with Gasteiger partial charge in [-0.15, -0.1) is 0 Å². The molecule has 0 aromatic rings. The Labute approximate surface area is 101 Å². The van der Waals surface area contributed by atoms with Gasteiger partial charge in [0.2, 0.25) is 0 Å². The van der Waals surface area contributed by atoms with Crippen LogP contribution in [0.15, 0.2) is 0 Å². The van der Waals surface area contributed by atoms with Gasteiger partial charge in [-0.2, -0.15) is 0 Å². The van der Waals surface area contributed by atoms with Crippen LogP contribution in [-0.4, -0.2) is 18.8 Å². The molecule has 0 aromatic carbocycles. The van der Waals surface area contributed by atoms with Crippen LogP contribution in [0.25, 0.3) is 0 Å². The summed E-state index contributed by atoms with van der Waals surface area (Å²) in [6, 6.07) is 0. The molecule has 0 radical (unpaired) electrons. The van der Waals surface area contributed by atoms with E-state index in [1.165, 1.54) is 38.5 Å². The van der Waals surface area contributed by atoms with E-state index >= 15 is 0 Å². The van der Waals surface area contributed by atoms with Gasteiger partial charge in [-0.05, 0) is 52.0 Å². The zero-order chi connectivity index (χ0) is 12.1. The van der Waals surface area contributed by atoms with E-state index in [0.717, 1.165) is 19.6 Å². The second-order valence-electron chi connectivity index (χ2n) is 6.33. The van der Waals surface area contributed by atoms with Gasteiger partial charge in [0, 0.05) is 6.61 Å². The van der Waals surface area contributed by atoms with E-state index < -0.39 is 0 Å². The summed E-state index contributed by atoms with van der Waals surface area (Å²) in [6.45, 7) is 8.06. The van der Waals surface area contributed by atoms with Crippen molar-refractivity contribution in [1.29, 1.82) is 0 Å². The first-order chi connectivity index (χ1) is 7.47. The van der Waals surface area contributed by atoms with Gasteiger partial charge in [0.15, 0.2) is 0 Å². The summed E-state index contributed by atoms with van der Waals surface area (Å²) in [5, 5.41) is 0. The van der Waals surface area contributed by atoms with Crippen molar-refractivity contribution >= 4 is 0 Å². The lowest BCUT2D eigenvalue weighted by Gasteiger charge is -2.32. The van der Waals surface area contributed by atoms with E-state index in [1.807, 2.05) is 0 Å². The van der Waals surface area contributed by atoms with Crippen LogP contribution in [0, 0.1) is 5.41 Å². The third kappa shape index (κ3) is 4.84. The molecule has 0 saturated heterocycles. The molecule has 2 heteroatoms. The fourth-order valence-electron chi connectivity index (χ4n) is 2.61. The Morgan fingerprint density at radius 1 is 1.06 bits per heavy atom. The van der Waals surface area contributed by atoms with Crippen LogP contribution in [0.1, 0.15) is 65.7 Å². The van der Waals surface area contributed by atoms with Crippen LogP contribution in [-0.2, 0) is 4.74 Å². The summed E-state index contributed by atoms with van der Waals surface area (Å²) in [5.74, 6) is 0. The van der Waals surface area contributed by atoms with Gasteiger partial charge in [0.1, 0.15) is 0 Å². The molecule has 2 nitrogen and oxygen atoms in total. The molecule has 1 aliphatic carbocycles. The summed E-state index contributed by atoms with van der Waals surface area (Å²) in [6.07, 6.45) is 9.23. The summed E-state index contributed by atoms with van der Waals surface area (Å²) < 4.78 is 5.84. The fourth-order valence-corrected chi connectivity index (χ4v) is 2.61. The molecule has 0 aromatic heterocycles. The molecule has 1 saturated carbocycles. The van der Waals surface area contributed by atoms with Crippen LogP contribution in [0.5, 0.6) is 0 Å². The quantitative estimate of drug-likeness (QED) is 0.746. The minimum atomic E-state index is -0.0134. The third-order valence-electron chi connectivity index (χ3n) is 3.76. The van der Waals surface area contributed by atoms with Crippen molar-refractivity contribution in [2.45, 2.75) is 71.3 Å². The third-order valence-corrected chi connectivity index (χ3v) is 3.76. The van der Waals surface area contributed by atoms with Gasteiger partial charge in [0.25, 0.3) is 0 Å². The molecular weight excluding hydrogens is 198 g/mol. The predicted molar refractivity (Wildman–Crippen MR) is 69.5 cm³/mol. The molecule has 0 spiro atoms. The lowest BCUT2D eigenvalue weighted by atomic mass is 9.78. The molecular formula is C14H29NO. The average Bonchev–Trinajstić information content (AvgIpc) is 2.42. The molecule has 0 atom stereocenters. The molecule has 0 heterocycles. The Morgan fingerprint density at radius 3 is 2.06 bits per heavy atom. The maximum atomic E-state index is 6.00.